The Morgan fingerprint density at radius 2 is 1.81 bits per heavy atom. The van der Waals surface area contributed by atoms with Crippen LogP contribution in [-0.2, 0) is 11.2 Å². The third kappa shape index (κ3) is 4.11. The number of anilines is 2. The van der Waals surface area contributed by atoms with Crippen molar-refractivity contribution in [2.75, 3.05) is 62.3 Å². The zero-order chi connectivity index (χ0) is 21.4. The molecule has 1 N–H and O–H groups in total. The van der Waals surface area contributed by atoms with Crippen LogP contribution in [0.2, 0.25) is 0 Å². The number of hydrogen-bond donors (Lipinski definition) is 1. The number of rotatable bonds is 3. The summed E-state index contributed by atoms with van der Waals surface area (Å²) in [5, 5.41) is 4.60. The van der Waals surface area contributed by atoms with Gasteiger partial charge in [0.05, 0.1) is 24.3 Å². The van der Waals surface area contributed by atoms with E-state index in [1.807, 2.05) is 0 Å². The minimum absolute atomic E-state index is 0.518. The largest absolute Gasteiger partial charge is 0.378 e. The summed E-state index contributed by atoms with van der Waals surface area (Å²) in [6, 6.07) is 9.17. The third-order valence-corrected chi connectivity index (χ3v) is 8.85. The van der Waals surface area contributed by atoms with Gasteiger partial charge in [0.2, 0.25) is 0 Å². The van der Waals surface area contributed by atoms with Crippen molar-refractivity contribution in [1.29, 1.82) is 0 Å². The fourth-order valence-corrected chi connectivity index (χ4v) is 6.83. The van der Waals surface area contributed by atoms with E-state index in [9.17, 15) is 0 Å². The molecule has 166 valence electrons. The molecule has 0 radical (unpaired) electrons. The summed E-state index contributed by atoms with van der Waals surface area (Å²) in [7, 11) is 6.71. The lowest BCUT2D eigenvalue weighted by atomic mass is 10.1. The Hall–Kier alpha value is -1.60. The summed E-state index contributed by atoms with van der Waals surface area (Å²) in [5.74, 6) is 0. The van der Waals surface area contributed by atoms with Crippen molar-refractivity contribution in [3.8, 4) is 0 Å². The molecule has 2 saturated heterocycles. The minimum Gasteiger partial charge on any atom is -0.378 e. The van der Waals surface area contributed by atoms with Crippen LogP contribution in [0, 0.1) is 11.4 Å². The van der Waals surface area contributed by atoms with Crippen molar-refractivity contribution in [3.63, 3.8) is 0 Å². The normalized spacial score (nSPS) is 21.2. The summed E-state index contributed by atoms with van der Waals surface area (Å²) in [6.45, 7) is 12.0. The van der Waals surface area contributed by atoms with Crippen LogP contribution in [0.25, 0.3) is 0 Å². The van der Waals surface area contributed by atoms with Gasteiger partial charge in [-0.1, -0.05) is 16.6 Å². The average molecular weight is 459 g/mol. The van der Waals surface area contributed by atoms with Gasteiger partial charge in [0.1, 0.15) is 0 Å². The van der Waals surface area contributed by atoms with E-state index in [0.717, 1.165) is 74.8 Å². The van der Waals surface area contributed by atoms with Gasteiger partial charge in [0.25, 0.3) is 0 Å². The highest BCUT2D eigenvalue weighted by molar-refractivity contribution is 8.29. The fourth-order valence-electron chi connectivity index (χ4n) is 4.71. The number of aryl methyl sites for hydroxylation is 2. The molecule has 0 saturated carbocycles. The summed E-state index contributed by atoms with van der Waals surface area (Å²) in [6.07, 6.45) is 2.13. The summed E-state index contributed by atoms with van der Waals surface area (Å²) >= 11 is 0. The van der Waals surface area contributed by atoms with Crippen molar-refractivity contribution in [2.24, 2.45) is 4.99 Å². The first-order chi connectivity index (χ1) is 15.2. The van der Waals surface area contributed by atoms with Gasteiger partial charge in [0.15, 0.2) is 0 Å². The molecule has 0 bridgehead atoms. The summed E-state index contributed by atoms with van der Waals surface area (Å²) in [5.41, 5.74) is 6.08. The molecule has 3 heterocycles. The van der Waals surface area contributed by atoms with Gasteiger partial charge in [-0.25, -0.2) is 4.99 Å². The standard InChI is InChI=1S/C24H31ClN4OS/c1-3-18-14-20(28-7-4-5-26-6-8-28)16-22-24(18)27-23-17(2)13-19(15-21(23)31(22)25)29-9-11-30-12-10-29/h13-16,26H,3-12H2,1-2H3. The molecule has 1 unspecified atom stereocenters. The highest BCUT2D eigenvalue weighted by Gasteiger charge is 2.21. The van der Waals surface area contributed by atoms with Crippen molar-refractivity contribution in [3.05, 3.63) is 45.3 Å². The molecule has 1 atom stereocenters. The predicted octanol–water partition coefficient (Wildman–Crippen LogP) is 4.19. The van der Waals surface area contributed by atoms with E-state index in [1.165, 1.54) is 33.4 Å². The Labute approximate surface area is 191 Å². The summed E-state index contributed by atoms with van der Waals surface area (Å²) < 4.78 is 6.72. The van der Waals surface area contributed by atoms with Crippen LogP contribution < -0.4 is 20.5 Å². The van der Waals surface area contributed by atoms with E-state index in [4.69, 9.17) is 20.4 Å². The number of morpholine rings is 1. The number of fused-ring (bicyclic) bond motifs is 2. The second-order valence-electron chi connectivity index (χ2n) is 8.47. The number of halogens is 1. The molecule has 0 aliphatic carbocycles. The maximum Gasteiger partial charge on any atom is 0.0813 e. The van der Waals surface area contributed by atoms with E-state index in [0.29, 0.717) is 0 Å². The van der Waals surface area contributed by atoms with Gasteiger partial charge in [-0.05, 0) is 72.4 Å². The molecule has 2 aromatic rings. The highest BCUT2D eigenvalue weighted by Crippen LogP contribution is 2.46. The van der Waals surface area contributed by atoms with Gasteiger partial charge in [-0.2, -0.15) is 0 Å². The Morgan fingerprint density at radius 1 is 1.03 bits per heavy atom. The van der Waals surface area contributed by atoms with Crippen LogP contribution in [0.4, 0.5) is 17.1 Å². The van der Waals surface area contributed by atoms with Gasteiger partial charge in [0, 0.05) is 53.5 Å². The first kappa shape index (κ1) is 21.3. The molecule has 5 nitrogen and oxygen atoms in total. The van der Waals surface area contributed by atoms with Crippen LogP contribution in [0.1, 0.15) is 24.5 Å². The van der Waals surface area contributed by atoms with Crippen molar-refractivity contribution >= 4 is 37.4 Å². The topological polar surface area (TPSA) is 40.1 Å². The van der Waals surface area contributed by atoms with E-state index in [-0.39, 0.29) is 0 Å². The minimum atomic E-state index is -0.518. The summed E-state index contributed by atoms with van der Waals surface area (Å²) in [4.78, 5) is 11.2. The molecule has 31 heavy (non-hydrogen) atoms. The smallest absolute Gasteiger partial charge is 0.0813 e. The molecule has 3 aliphatic rings. The van der Waals surface area contributed by atoms with Gasteiger partial charge in [-0.15, -0.1) is 0 Å². The van der Waals surface area contributed by atoms with E-state index < -0.39 is 9.70 Å². The van der Waals surface area contributed by atoms with Crippen LogP contribution in [0.3, 0.4) is 0 Å². The number of benzene rings is 2. The Balaban J connectivity index is 1.64. The van der Waals surface area contributed by atoms with Gasteiger partial charge >= 0.3 is 0 Å². The number of nitrogens with zero attached hydrogens (tertiary/aromatic N) is 3. The Kier molecular flexibility index (Phi) is 6.24. The van der Waals surface area contributed by atoms with E-state index in [1.54, 1.807) is 0 Å². The molecule has 0 spiro atoms. The van der Waals surface area contributed by atoms with E-state index >= 15 is 0 Å². The fraction of sp³-hybridized carbons (Fsp3) is 0.500. The SMILES string of the molecule is CCc1cc(N2CCCNCC2)cc2c1=Nc1c(C)cc(N3CCOCC3)cc1S=2Cl. The van der Waals surface area contributed by atoms with Crippen molar-refractivity contribution in [1.82, 2.24) is 5.32 Å². The molecular weight excluding hydrogens is 428 g/mol. The van der Waals surface area contributed by atoms with Crippen LogP contribution >= 0.6 is 20.4 Å². The van der Waals surface area contributed by atoms with Gasteiger partial charge < -0.3 is 19.9 Å². The van der Waals surface area contributed by atoms with Crippen molar-refractivity contribution in [2.45, 2.75) is 31.6 Å². The molecule has 3 aliphatic heterocycles. The number of hydrogen-bond acceptors (Lipinski definition) is 5. The van der Waals surface area contributed by atoms with Crippen LogP contribution in [0.5, 0.6) is 0 Å². The molecule has 5 rings (SSSR count). The average Bonchev–Trinajstić information content (AvgIpc) is 3.09. The molecule has 0 amide bonds. The van der Waals surface area contributed by atoms with Crippen LogP contribution in [0.15, 0.2) is 34.2 Å². The number of nitrogens with one attached hydrogen (secondary N) is 1. The first-order valence-electron chi connectivity index (χ1n) is 11.4. The van der Waals surface area contributed by atoms with Crippen LogP contribution in [-0.4, -0.2) is 52.5 Å². The molecule has 2 fully saturated rings. The zero-order valence-corrected chi connectivity index (χ0v) is 20.0. The van der Waals surface area contributed by atoms with Gasteiger partial charge in [-0.3, -0.25) is 0 Å². The zero-order valence-electron chi connectivity index (χ0n) is 18.4. The predicted molar refractivity (Wildman–Crippen MR) is 131 cm³/mol. The highest BCUT2D eigenvalue weighted by atomic mass is 35.7. The Morgan fingerprint density at radius 3 is 2.61 bits per heavy atom. The molecular formula is C24H31ClN4OS. The molecule has 7 heteroatoms. The lowest BCUT2D eigenvalue weighted by Gasteiger charge is -2.30. The second kappa shape index (κ2) is 9.10. The molecule has 2 aromatic carbocycles. The lowest BCUT2D eigenvalue weighted by Crippen LogP contribution is -2.36. The number of ether oxygens (including phenoxy) is 1. The first-order valence-corrected chi connectivity index (χ1v) is 13.4. The quantitative estimate of drug-likeness (QED) is 0.700. The second-order valence-corrected chi connectivity index (χ2v) is 10.8. The maximum absolute atomic E-state index is 7.23. The van der Waals surface area contributed by atoms with E-state index in [2.05, 4.69) is 53.2 Å². The maximum atomic E-state index is 7.23. The Bertz CT molecular complexity index is 1110. The van der Waals surface area contributed by atoms with Crippen molar-refractivity contribution < 1.29 is 4.74 Å². The lowest BCUT2D eigenvalue weighted by molar-refractivity contribution is 0.122. The third-order valence-electron chi connectivity index (χ3n) is 6.46. The molecule has 0 aromatic heterocycles. The monoisotopic (exact) mass is 458 g/mol.